The molecule has 3 aromatic heterocycles. The fourth-order valence-corrected chi connectivity index (χ4v) is 6.91. The van der Waals surface area contributed by atoms with Crippen molar-refractivity contribution in [2.24, 2.45) is 0 Å². The third-order valence-corrected chi connectivity index (χ3v) is 8.92. The third-order valence-electron chi connectivity index (χ3n) is 8.92. The Morgan fingerprint density at radius 1 is 0.568 bits per heavy atom. The number of hydrogen-bond acceptors (Lipinski definition) is 5. The van der Waals surface area contributed by atoms with Crippen molar-refractivity contribution in [2.45, 2.75) is 19.3 Å². The van der Waals surface area contributed by atoms with Crippen LogP contribution in [0.5, 0.6) is 0 Å². The van der Waals surface area contributed by atoms with Crippen molar-refractivity contribution in [3.05, 3.63) is 133 Å². The second kappa shape index (κ2) is 9.12. The Labute approximate surface area is 253 Å². The predicted octanol–water partition coefficient (Wildman–Crippen LogP) is 8.55. The minimum atomic E-state index is -0.306. The Bertz CT molecular complexity index is 2350. The molecule has 6 nitrogen and oxygen atoms in total. The zero-order valence-electron chi connectivity index (χ0n) is 24.2. The summed E-state index contributed by atoms with van der Waals surface area (Å²) >= 11 is 0. The monoisotopic (exact) mass is 566 g/mol. The Morgan fingerprint density at radius 2 is 1.18 bits per heavy atom. The summed E-state index contributed by atoms with van der Waals surface area (Å²) in [5, 5.41) is 2.33. The molecule has 0 amide bonds. The molecular formula is C38H26N6. The van der Waals surface area contributed by atoms with E-state index in [1.54, 1.807) is 12.4 Å². The van der Waals surface area contributed by atoms with Crippen LogP contribution in [0, 0.1) is 0 Å². The van der Waals surface area contributed by atoms with Crippen molar-refractivity contribution in [1.82, 2.24) is 29.5 Å². The Hall–Kier alpha value is -5.75. The van der Waals surface area contributed by atoms with E-state index in [1.807, 2.05) is 60.7 Å². The number of benzene rings is 5. The van der Waals surface area contributed by atoms with Crippen LogP contribution in [0.15, 0.2) is 122 Å². The minimum Gasteiger partial charge on any atom is -0.277 e. The van der Waals surface area contributed by atoms with Gasteiger partial charge in [-0.1, -0.05) is 105 Å². The van der Waals surface area contributed by atoms with Gasteiger partial charge >= 0.3 is 0 Å². The smallest absolute Gasteiger partial charge is 0.238 e. The highest BCUT2D eigenvalue weighted by atomic mass is 15.2. The number of hydrogen-bond donors (Lipinski definition) is 0. The summed E-state index contributed by atoms with van der Waals surface area (Å²) in [6, 6.07) is 37.7. The molecule has 0 fully saturated rings. The van der Waals surface area contributed by atoms with Gasteiger partial charge in [0.1, 0.15) is 0 Å². The molecule has 0 aliphatic heterocycles. The van der Waals surface area contributed by atoms with E-state index in [-0.39, 0.29) is 5.41 Å². The van der Waals surface area contributed by atoms with Gasteiger partial charge in [-0.25, -0.2) is 4.98 Å². The average Bonchev–Trinajstić information content (AvgIpc) is 3.53. The van der Waals surface area contributed by atoms with Crippen LogP contribution in [-0.2, 0) is 5.41 Å². The maximum atomic E-state index is 5.16. The van der Waals surface area contributed by atoms with E-state index in [2.05, 4.69) is 76.9 Å². The molecule has 0 saturated carbocycles. The molecule has 0 saturated heterocycles. The highest BCUT2D eigenvalue weighted by molar-refractivity contribution is 6.13. The van der Waals surface area contributed by atoms with Crippen LogP contribution in [-0.4, -0.2) is 29.5 Å². The Kier molecular flexibility index (Phi) is 5.14. The van der Waals surface area contributed by atoms with E-state index in [0.717, 1.165) is 38.6 Å². The van der Waals surface area contributed by atoms with Crippen molar-refractivity contribution in [1.29, 1.82) is 0 Å². The summed E-state index contributed by atoms with van der Waals surface area (Å²) in [6.45, 7) is 4.61. The fraction of sp³-hybridized carbons (Fsp3) is 0.0789. The molecule has 8 aromatic rings. The van der Waals surface area contributed by atoms with Gasteiger partial charge < -0.3 is 0 Å². The fourth-order valence-electron chi connectivity index (χ4n) is 6.91. The van der Waals surface area contributed by atoms with E-state index < -0.39 is 0 Å². The van der Waals surface area contributed by atoms with Crippen LogP contribution < -0.4 is 0 Å². The molecule has 6 heteroatoms. The molecule has 0 atom stereocenters. The molecule has 9 rings (SSSR count). The first-order chi connectivity index (χ1) is 21.6. The SMILES string of the molecule is CC1(C)c2cc3nccnc3cc2-c2ccc3c4ccccc4n(-c4nc(-c5ccccc5)nc(-c5ccccc5)n4)c3c21. The quantitative estimate of drug-likeness (QED) is 0.214. The maximum absolute atomic E-state index is 5.16. The molecule has 1 aliphatic rings. The molecule has 0 unspecified atom stereocenters. The van der Waals surface area contributed by atoms with Crippen LogP contribution in [0.25, 0.3) is 72.7 Å². The topological polar surface area (TPSA) is 69.4 Å². The maximum Gasteiger partial charge on any atom is 0.238 e. The summed E-state index contributed by atoms with van der Waals surface area (Å²) in [7, 11) is 0. The molecule has 208 valence electrons. The third kappa shape index (κ3) is 3.51. The molecule has 44 heavy (non-hydrogen) atoms. The lowest BCUT2D eigenvalue weighted by Gasteiger charge is -2.23. The zero-order valence-corrected chi connectivity index (χ0v) is 24.2. The minimum absolute atomic E-state index is 0.306. The van der Waals surface area contributed by atoms with Gasteiger partial charge in [-0.05, 0) is 40.5 Å². The number of fused-ring (bicyclic) bond motifs is 8. The second-order valence-electron chi connectivity index (χ2n) is 11.8. The first-order valence-corrected chi connectivity index (χ1v) is 14.8. The summed E-state index contributed by atoms with van der Waals surface area (Å²) in [5.74, 6) is 1.87. The van der Waals surface area contributed by atoms with Crippen molar-refractivity contribution < 1.29 is 0 Å². The van der Waals surface area contributed by atoms with Crippen molar-refractivity contribution >= 4 is 32.8 Å². The van der Waals surface area contributed by atoms with Crippen molar-refractivity contribution in [3.63, 3.8) is 0 Å². The lowest BCUT2D eigenvalue weighted by Crippen LogP contribution is -2.17. The first-order valence-electron chi connectivity index (χ1n) is 14.8. The van der Waals surface area contributed by atoms with E-state index in [1.165, 1.54) is 27.6 Å². The zero-order chi connectivity index (χ0) is 29.4. The van der Waals surface area contributed by atoms with E-state index >= 15 is 0 Å². The van der Waals surface area contributed by atoms with Crippen LogP contribution in [0.1, 0.15) is 25.0 Å². The van der Waals surface area contributed by atoms with Gasteiger partial charge in [0.05, 0.1) is 22.1 Å². The molecule has 1 aliphatic carbocycles. The van der Waals surface area contributed by atoms with E-state index in [0.29, 0.717) is 17.6 Å². The normalized spacial score (nSPS) is 13.4. The van der Waals surface area contributed by atoms with Gasteiger partial charge in [0.2, 0.25) is 5.95 Å². The number of nitrogens with zero attached hydrogens (tertiary/aromatic N) is 6. The van der Waals surface area contributed by atoms with Crippen LogP contribution in [0.2, 0.25) is 0 Å². The largest absolute Gasteiger partial charge is 0.277 e. The van der Waals surface area contributed by atoms with Gasteiger partial charge in [-0.3, -0.25) is 14.5 Å². The average molecular weight is 567 g/mol. The Morgan fingerprint density at radius 3 is 1.86 bits per heavy atom. The standard InChI is InChI=1S/C38H26N6/c1-38(2)29-22-31-30(39-19-20-40-31)21-28(29)26-17-18-27-25-15-9-10-16-32(25)44(34(27)33(26)38)37-42-35(23-11-5-3-6-12-23)41-36(43-37)24-13-7-4-8-14-24/h3-22H,1-2H3. The van der Waals surface area contributed by atoms with Crippen LogP contribution in [0.3, 0.4) is 0 Å². The van der Waals surface area contributed by atoms with Crippen LogP contribution >= 0.6 is 0 Å². The molecular weight excluding hydrogens is 540 g/mol. The van der Waals surface area contributed by atoms with E-state index in [9.17, 15) is 0 Å². The second-order valence-corrected chi connectivity index (χ2v) is 11.8. The van der Waals surface area contributed by atoms with Crippen molar-refractivity contribution in [3.8, 4) is 39.9 Å². The molecule has 0 spiro atoms. The van der Waals surface area contributed by atoms with Crippen LogP contribution in [0.4, 0.5) is 0 Å². The first kappa shape index (κ1) is 24.8. The van der Waals surface area contributed by atoms with E-state index in [4.69, 9.17) is 15.0 Å². The van der Waals surface area contributed by atoms with Gasteiger partial charge in [0.25, 0.3) is 0 Å². The lowest BCUT2D eigenvalue weighted by molar-refractivity contribution is 0.664. The number of para-hydroxylation sites is 1. The summed E-state index contributed by atoms with van der Waals surface area (Å²) < 4.78 is 2.24. The number of aromatic nitrogens is 6. The van der Waals surface area contributed by atoms with Crippen molar-refractivity contribution in [2.75, 3.05) is 0 Å². The van der Waals surface area contributed by atoms with Gasteiger partial charge in [-0.2, -0.15) is 9.97 Å². The summed E-state index contributed by atoms with van der Waals surface area (Å²) in [4.78, 5) is 24.5. The molecule has 0 bridgehead atoms. The molecule has 0 radical (unpaired) electrons. The lowest BCUT2D eigenvalue weighted by atomic mass is 9.81. The van der Waals surface area contributed by atoms with Gasteiger partial charge in [0.15, 0.2) is 11.6 Å². The summed E-state index contributed by atoms with van der Waals surface area (Å²) in [5.41, 5.74) is 10.4. The van der Waals surface area contributed by atoms with Gasteiger partial charge in [-0.15, -0.1) is 0 Å². The molecule has 5 aromatic carbocycles. The number of rotatable bonds is 3. The highest BCUT2D eigenvalue weighted by Crippen LogP contribution is 2.53. The molecule has 3 heterocycles. The summed E-state index contributed by atoms with van der Waals surface area (Å²) in [6.07, 6.45) is 3.52. The molecule has 0 N–H and O–H groups in total. The highest BCUT2D eigenvalue weighted by Gasteiger charge is 2.39. The van der Waals surface area contributed by atoms with Gasteiger partial charge in [0, 0.05) is 39.7 Å². The Balaban J connectivity index is 1.40. The predicted molar refractivity (Wildman–Crippen MR) is 176 cm³/mol.